The molecule has 3 aromatic rings. The molecule has 0 saturated heterocycles. The minimum absolute atomic E-state index is 0.0442. The zero-order valence-corrected chi connectivity index (χ0v) is 23.2. The minimum Gasteiger partial charge on any atom is -0.467 e. The number of rotatable bonds is 9. The fourth-order valence-electron chi connectivity index (χ4n) is 5.77. The number of carbonyl (C=O) groups excluding carboxylic acids is 1. The summed E-state index contributed by atoms with van der Waals surface area (Å²) in [5.74, 6) is 1.51. The van der Waals surface area contributed by atoms with E-state index < -0.39 is 5.67 Å². The van der Waals surface area contributed by atoms with E-state index in [4.69, 9.17) is 4.74 Å². The maximum absolute atomic E-state index is 13.7. The normalized spacial score (nSPS) is 21.1. The Morgan fingerprint density at radius 2 is 1.92 bits per heavy atom. The number of thiazole rings is 1. The Kier molecular flexibility index (Phi) is 7.96. The second-order valence-corrected chi connectivity index (χ2v) is 12.6. The van der Waals surface area contributed by atoms with Gasteiger partial charge in [0, 0.05) is 55.0 Å². The summed E-state index contributed by atoms with van der Waals surface area (Å²) in [6.07, 6.45) is 10.5. The average Bonchev–Trinajstić information content (AvgIpc) is 3.39. The van der Waals surface area contributed by atoms with E-state index in [2.05, 4.69) is 15.0 Å². The summed E-state index contributed by atoms with van der Waals surface area (Å²) >= 11 is 1.58. The zero-order valence-electron chi connectivity index (χ0n) is 22.3. The van der Waals surface area contributed by atoms with Crippen LogP contribution in [0.4, 0.5) is 4.39 Å². The van der Waals surface area contributed by atoms with Crippen LogP contribution < -0.4 is 4.74 Å². The monoisotopic (exact) mass is 526 g/mol. The molecule has 37 heavy (non-hydrogen) atoms. The molecule has 0 N–H and O–H groups in total. The second-order valence-electron chi connectivity index (χ2n) is 11.5. The highest BCUT2D eigenvalue weighted by Gasteiger charge is 2.26. The fourth-order valence-corrected chi connectivity index (χ4v) is 6.71. The number of nitrogens with zero attached hydrogens (tertiary/aromatic N) is 4. The van der Waals surface area contributed by atoms with Gasteiger partial charge in [0.05, 0.1) is 11.2 Å². The molecule has 2 aromatic heterocycles. The predicted molar refractivity (Wildman–Crippen MR) is 146 cm³/mol. The average molecular weight is 527 g/mol. The summed E-state index contributed by atoms with van der Waals surface area (Å²) in [6, 6.07) is 5.86. The van der Waals surface area contributed by atoms with Gasteiger partial charge in [0.1, 0.15) is 12.3 Å². The molecule has 1 fully saturated rings. The SMILES string of the molecule is Cn1cc2c(C(=O)CC3CCC(CCN4CCc5nc(OCC(C)(C)F)sc5CC4)CC3)cccc2n1. The Hall–Kier alpha value is -2.32. The van der Waals surface area contributed by atoms with Crippen LogP contribution in [0.1, 0.15) is 73.3 Å². The molecule has 2 aliphatic rings. The highest BCUT2D eigenvalue weighted by molar-refractivity contribution is 7.13. The van der Waals surface area contributed by atoms with E-state index in [9.17, 15) is 9.18 Å². The lowest BCUT2D eigenvalue weighted by atomic mass is 9.78. The van der Waals surface area contributed by atoms with Gasteiger partial charge in [-0.3, -0.25) is 9.48 Å². The summed E-state index contributed by atoms with van der Waals surface area (Å²) in [4.78, 5) is 21.6. The van der Waals surface area contributed by atoms with Gasteiger partial charge in [-0.1, -0.05) is 36.3 Å². The van der Waals surface area contributed by atoms with Crippen LogP contribution in [0, 0.1) is 11.8 Å². The molecule has 0 radical (unpaired) electrons. The fraction of sp³-hybridized carbons (Fsp3) is 0.621. The number of aromatic nitrogens is 3. The quantitative estimate of drug-likeness (QED) is 0.319. The van der Waals surface area contributed by atoms with Gasteiger partial charge >= 0.3 is 0 Å². The number of carbonyl (C=O) groups is 1. The summed E-state index contributed by atoms with van der Waals surface area (Å²) in [5, 5.41) is 6.02. The van der Waals surface area contributed by atoms with Gasteiger partial charge in [-0.2, -0.15) is 5.10 Å². The zero-order chi connectivity index (χ0) is 26.0. The molecule has 0 spiro atoms. The molecule has 8 heteroatoms. The lowest BCUT2D eigenvalue weighted by Crippen LogP contribution is -2.30. The Morgan fingerprint density at radius 3 is 2.70 bits per heavy atom. The van der Waals surface area contributed by atoms with Gasteiger partial charge in [0.25, 0.3) is 5.19 Å². The number of halogens is 1. The van der Waals surface area contributed by atoms with Crippen LogP contribution in [0.15, 0.2) is 24.4 Å². The number of ketones is 1. The number of ether oxygens (including phenoxy) is 1. The number of Topliss-reactive ketones (excluding diaryl/α,β-unsaturated/α-hetero) is 1. The molecular weight excluding hydrogens is 487 g/mol. The maximum atomic E-state index is 13.7. The van der Waals surface area contributed by atoms with Gasteiger partial charge in [0.15, 0.2) is 5.78 Å². The topological polar surface area (TPSA) is 60.2 Å². The summed E-state index contributed by atoms with van der Waals surface area (Å²) in [6.45, 7) is 6.30. The molecule has 3 heterocycles. The van der Waals surface area contributed by atoms with Crippen molar-refractivity contribution in [2.45, 2.75) is 70.9 Å². The van der Waals surface area contributed by atoms with Gasteiger partial charge < -0.3 is 9.64 Å². The summed E-state index contributed by atoms with van der Waals surface area (Å²) in [7, 11) is 1.90. The predicted octanol–water partition coefficient (Wildman–Crippen LogP) is 6.03. The van der Waals surface area contributed by atoms with Crippen LogP contribution in [0.25, 0.3) is 10.9 Å². The molecule has 0 atom stereocenters. The van der Waals surface area contributed by atoms with E-state index in [1.165, 1.54) is 38.0 Å². The van der Waals surface area contributed by atoms with E-state index in [0.29, 0.717) is 17.5 Å². The first-order chi connectivity index (χ1) is 17.7. The number of benzene rings is 1. The van der Waals surface area contributed by atoms with Crippen molar-refractivity contribution in [1.82, 2.24) is 19.7 Å². The maximum Gasteiger partial charge on any atom is 0.273 e. The smallest absolute Gasteiger partial charge is 0.273 e. The Bertz CT molecular complexity index is 1200. The van der Waals surface area contributed by atoms with Crippen LogP contribution in [0.2, 0.25) is 0 Å². The Morgan fingerprint density at radius 1 is 1.16 bits per heavy atom. The van der Waals surface area contributed by atoms with Crippen LogP contribution in [0.5, 0.6) is 5.19 Å². The van der Waals surface area contributed by atoms with Crippen molar-refractivity contribution in [3.63, 3.8) is 0 Å². The van der Waals surface area contributed by atoms with Crippen molar-refractivity contribution in [3.8, 4) is 5.19 Å². The van der Waals surface area contributed by atoms with E-state index >= 15 is 0 Å². The van der Waals surface area contributed by atoms with Crippen LogP contribution in [0.3, 0.4) is 0 Å². The number of alkyl halides is 1. The molecular formula is C29H39FN4O2S. The Labute approximate surface area is 223 Å². The molecule has 1 aromatic carbocycles. The lowest BCUT2D eigenvalue weighted by Gasteiger charge is -2.30. The first kappa shape index (κ1) is 26.3. The molecule has 1 aliphatic heterocycles. The van der Waals surface area contributed by atoms with Crippen molar-refractivity contribution in [2.75, 3.05) is 26.2 Å². The first-order valence-electron chi connectivity index (χ1n) is 13.7. The molecule has 5 rings (SSSR count). The molecule has 6 nitrogen and oxygen atoms in total. The number of hydrogen-bond acceptors (Lipinski definition) is 6. The van der Waals surface area contributed by atoms with E-state index in [1.54, 1.807) is 16.0 Å². The largest absolute Gasteiger partial charge is 0.467 e. The molecule has 1 saturated carbocycles. The Balaban J connectivity index is 1.04. The second kappa shape index (κ2) is 11.2. The van der Waals surface area contributed by atoms with E-state index in [-0.39, 0.29) is 12.4 Å². The number of hydrogen-bond donors (Lipinski definition) is 0. The van der Waals surface area contributed by atoms with Gasteiger partial charge in [0.2, 0.25) is 0 Å². The van der Waals surface area contributed by atoms with Crippen LogP contribution >= 0.6 is 11.3 Å². The standard InChI is InChI=1S/C29H39FN4O2S/c1-29(2,30)19-36-28-31-25-12-15-34(16-13-27(25)37-28)14-11-20-7-9-21(10-8-20)17-26(35)22-5-4-6-24-23(22)18-33(3)32-24/h4-6,18,20-21H,7-17,19H2,1-3H3. The van der Waals surface area contributed by atoms with Crippen LogP contribution in [-0.4, -0.2) is 57.4 Å². The first-order valence-corrected chi connectivity index (χ1v) is 14.5. The van der Waals surface area contributed by atoms with Crippen molar-refractivity contribution >= 4 is 28.0 Å². The third kappa shape index (κ3) is 6.77. The van der Waals surface area contributed by atoms with Gasteiger partial charge in [-0.25, -0.2) is 9.37 Å². The number of aryl methyl sites for hydroxylation is 1. The van der Waals surface area contributed by atoms with Gasteiger partial charge in [-0.15, -0.1) is 0 Å². The van der Waals surface area contributed by atoms with Crippen molar-refractivity contribution in [2.24, 2.45) is 18.9 Å². The van der Waals surface area contributed by atoms with Crippen molar-refractivity contribution in [3.05, 3.63) is 40.5 Å². The van der Waals surface area contributed by atoms with Crippen molar-refractivity contribution in [1.29, 1.82) is 0 Å². The van der Waals surface area contributed by atoms with Gasteiger partial charge in [-0.05, 0) is 64.0 Å². The van der Waals surface area contributed by atoms with Crippen molar-refractivity contribution < 1.29 is 13.9 Å². The minimum atomic E-state index is -1.34. The van der Waals surface area contributed by atoms with E-state index in [0.717, 1.165) is 73.4 Å². The molecule has 0 bridgehead atoms. The highest BCUT2D eigenvalue weighted by Crippen LogP contribution is 2.35. The molecule has 1 aliphatic carbocycles. The van der Waals surface area contributed by atoms with E-state index in [1.807, 2.05) is 31.4 Å². The number of fused-ring (bicyclic) bond motifs is 2. The third-order valence-corrected chi connectivity index (χ3v) is 8.95. The van der Waals surface area contributed by atoms with Crippen LogP contribution in [-0.2, 0) is 19.9 Å². The highest BCUT2D eigenvalue weighted by atomic mass is 32.1. The third-order valence-electron chi connectivity index (χ3n) is 7.88. The molecule has 0 amide bonds. The summed E-state index contributed by atoms with van der Waals surface area (Å²) < 4.78 is 21.1. The molecule has 200 valence electrons. The summed E-state index contributed by atoms with van der Waals surface area (Å²) in [5.41, 5.74) is 1.50. The lowest BCUT2D eigenvalue weighted by molar-refractivity contribution is 0.0942. The molecule has 0 unspecified atom stereocenters.